The van der Waals surface area contributed by atoms with Gasteiger partial charge < -0.3 is 19.3 Å². The normalized spacial score (nSPS) is 29.8. The third-order valence-corrected chi connectivity index (χ3v) is 8.12. The lowest BCUT2D eigenvalue weighted by atomic mass is 9.46. The first-order valence-corrected chi connectivity index (χ1v) is 11.4. The number of esters is 2. The Bertz CT molecular complexity index is 935. The van der Waals surface area contributed by atoms with E-state index in [0.717, 1.165) is 32.1 Å². The van der Waals surface area contributed by atoms with Crippen molar-refractivity contribution < 1.29 is 28.9 Å². The number of hydrogen-bond donors (Lipinski definition) is 1. The summed E-state index contributed by atoms with van der Waals surface area (Å²) >= 11 is 0. The molecule has 1 aromatic carbocycles. The van der Waals surface area contributed by atoms with Gasteiger partial charge in [0.15, 0.2) is 23.0 Å². The second-order valence-electron chi connectivity index (χ2n) is 10.0. The van der Waals surface area contributed by atoms with Gasteiger partial charge in [-0.05, 0) is 61.2 Å². The highest BCUT2D eigenvalue weighted by Crippen LogP contribution is 2.63. The van der Waals surface area contributed by atoms with Crippen LogP contribution >= 0.6 is 0 Å². The molecule has 6 heteroatoms. The summed E-state index contributed by atoms with van der Waals surface area (Å²) in [4.78, 5) is 23.6. The number of aromatic hydroxyl groups is 1. The Balaban J connectivity index is 2.17. The maximum absolute atomic E-state index is 11.9. The van der Waals surface area contributed by atoms with E-state index in [2.05, 4.69) is 27.4 Å². The van der Waals surface area contributed by atoms with Gasteiger partial charge in [-0.25, -0.2) is 0 Å². The van der Waals surface area contributed by atoms with Crippen molar-refractivity contribution in [2.75, 3.05) is 7.11 Å². The van der Waals surface area contributed by atoms with Crippen LogP contribution in [0.3, 0.4) is 0 Å². The lowest BCUT2D eigenvalue weighted by molar-refractivity contribution is -0.133. The Morgan fingerprint density at radius 1 is 1.16 bits per heavy atom. The minimum atomic E-state index is -0.554. The highest BCUT2D eigenvalue weighted by molar-refractivity contribution is 5.75. The Kier molecular flexibility index (Phi) is 6.64. The molecule has 0 unspecified atom stereocenters. The summed E-state index contributed by atoms with van der Waals surface area (Å²) in [6.45, 7) is 13.9. The number of allylic oxidation sites excluding steroid dienone is 1. The molecule has 3 rings (SSSR count). The highest BCUT2D eigenvalue weighted by Gasteiger charge is 2.54. The van der Waals surface area contributed by atoms with Crippen molar-refractivity contribution in [1.29, 1.82) is 0 Å². The number of phenolic OH excluding ortho intramolecular Hbond substituents is 1. The topological polar surface area (TPSA) is 82.1 Å². The summed E-state index contributed by atoms with van der Waals surface area (Å²) in [5, 5.41) is 11.2. The molecule has 1 N–H and O–H groups in total. The Labute approximate surface area is 190 Å². The molecule has 6 nitrogen and oxygen atoms in total. The minimum Gasteiger partial charge on any atom is -0.504 e. The fraction of sp³-hybridized carbons (Fsp3) is 0.615. The van der Waals surface area contributed by atoms with E-state index >= 15 is 0 Å². The predicted octanol–water partition coefficient (Wildman–Crippen LogP) is 5.59. The minimum absolute atomic E-state index is 0.00290. The second-order valence-corrected chi connectivity index (χ2v) is 10.0. The quantitative estimate of drug-likeness (QED) is 0.362. The van der Waals surface area contributed by atoms with Crippen LogP contribution in [-0.4, -0.2) is 24.2 Å². The highest BCUT2D eigenvalue weighted by atomic mass is 16.6. The molecule has 2 saturated carbocycles. The number of carbonyl (C=O) groups is 2. The van der Waals surface area contributed by atoms with Crippen molar-refractivity contribution in [1.82, 2.24) is 0 Å². The molecule has 2 fully saturated rings. The predicted molar refractivity (Wildman–Crippen MR) is 122 cm³/mol. The number of rotatable bonds is 5. The van der Waals surface area contributed by atoms with Crippen LogP contribution in [0.4, 0.5) is 0 Å². The van der Waals surface area contributed by atoms with Gasteiger partial charge >= 0.3 is 11.9 Å². The Morgan fingerprint density at radius 3 is 2.41 bits per heavy atom. The van der Waals surface area contributed by atoms with Gasteiger partial charge in [-0.15, -0.1) is 0 Å². The standard InChI is InChI=1S/C26H36O6/c1-15-9-8-10-22-25(15,5)12-11-16(2)26(22,6)14-19-23(29)20(31-17(3)27)13-21(30-7)24(19)32-18(4)28/h13,16,22,29H,1,8-12,14H2,2-7H3/t16-,22+,25+,26+/m0/s1. The first-order chi connectivity index (χ1) is 14.9. The van der Waals surface area contributed by atoms with Crippen LogP contribution < -0.4 is 14.2 Å². The summed E-state index contributed by atoms with van der Waals surface area (Å²) in [5.74, 6) is -0.0807. The Morgan fingerprint density at radius 2 is 1.81 bits per heavy atom. The van der Waals surface area contributed by atoms with Gasteiger partial charge in [-0.3, -0.25) is 9.59 Å². The van der Waals surface area contributed by atoms with Gasteiger partial charge in [0.25, 0.3) is 0 Å². The van der Waals surface area contributed by atoms with E-state index in [-0.39, 0.29) is 33.8 Å². The molecular formula is C26H36O6. The van der Waals surface area contributed by atoms with E-state index < -0.39 is 11.9 Å². The maximum Gasteiger partial charge on any atom is 0.308 e. The SMILES string of the molecule is C=C1CCC[C@H]2[C@](C)(Cc3c(O)c(OC(C)=O)cc(OC)c3OC(C)=O)[C@@H](C)CC[C@]12C. The van der Waals surface area contributed by atoms with Crippen LogP contribution in [0, 0.1) is 22.7 Å². The molecule has 32 heavy (non-hydrogen) atoms. The molecule has 0 aromatic heterocycles. The largest absolute Gasteiger partial charge is 0.504 e. The van der Waals surface area contributed by atoms with Gasteiger partial charge in [-0.2, -0.15) is 0 Å². The van der Waals surface area contributed by atoms with Gasteiger partial charge in [-0.1, -0.05) is 32.9 Å². The van der Waals surface area contributed by atoms with Crippen molar-refractivity contribution >= 4 is 11.9 Å². The van der Waals surface area contributed by atoms with Gasteiger partial charge in [0, 0.05) is 25.5 Å². The zero-order valence-corrected chi connectivity index (χ0v) is 20.2. The Hall–Kier alpha value is -2.50. The molecule has 0 bridgehead atoms. The average Bonchev–Trinajstić information content (AvgIpc) is 2.71. The van der Waals surface area contributed by atoms with E-state index in [1.165, 1.54) is 32.6 Å². The molecular weight excluding hydrogens is 408 g/mol. The van der Waals surface area contributed by atoms with Crippen LogP contribution in [0.15, 0.2) is 18.2 Å². The first kappa shape index (κ1) is 24.1. The van der Waals surface area contributed by atoms with Gasteiger partial charge in [0.05, 0.1) is 7.11 Å². The molecule has 176 valence electrons. The molecule has 4 atom stereocenters. The second kappa shape index (κ2) is 8.80. The first-order valence-electron chi connectivity index (χ1n) is 11.4. The van der Waals surface area contributed by atoms with Crippen molar-refractivity contribution in [3.8, 4) is 23.0 Å². The summed E-state index contributed by atoms with van der Waals surface area (Å²) in [7, 11) is 1.45. The van der Waals surface area contributed by atoms with E-state index in [4.69, 9.17) is 14.2 Å². The molecule has 0 saturated heterocycles. The van der Waals surface area contributed by atoms with Crippen LogP contribution in [0.1, 0.15) is 72.3 Å². The molecule has 0 radical (unpaired) electrons. The fourth-order valence-corrected chi connectivity index (χ4v) is 6.11. The third-order valence-electron chi connectivity index (χ3n) is 8.12. The van der Waals surface area contributed by atoms with Crippen molar-refractivity contribution in [2.45, 2.75) is 73.1 Å². The van der Waals surface area contributed by atoms with Crippen LogP contribution in [0.25, 0.3) is 0 Å². The van der Waals surface area contributed by atoms with Crippen LogP contribution in [0.5, 0.6) is 23.0 Å². The smallest absolute Gasteiger partial charge is 0.308 e. The zero-order valence-electron chi connectivity index (χ0n) is 20.2. The third kappa shape index (κ3) is 4.12. The maximum atomic E-state index is 11.9. The molecule has 0 spiro atoms. The molecule has 0 aliphatic heterocycles. The molecule has 0 amide bonds. The number of benzene rings is 1. The number of hydrogen-bond acceptors (Lipinski definition) is 6. The zero-order chi connectivity index (χ0) is 23.8. The number of ether oxygens (including phenoxy) is 3. The van der Waals surface area contributed by atoms with Gasteiger partial charge in [0.2, 0.25) is 0 Å². The molecule has 2 aliphatic rings. The summed E-state index contributed by atoms with van der Waals surface area (Å²) in [6.07, 6.45) is 5.85. The number of phenols is 1. The molecule has 2 aliphatic carbocycles. The van der Waals surface area contributed by atoms with Crippen molar-refractivity contribution in [2.24, 2.45) is 22.7 Å². The average molecular weight is 445 g/mol. The van der Waals surface area contributed by atoms with Crippen molar-refractivity contribution in [3.05, 3.63) is 23.8 Å². The number of fused-ring (bicyclic) bond motifs is 1. The molecule has 0 heterocycles. The lowest BCUT2D eigenvalue weighted by Gasteiger charge is -2.59. The van der Waals surface area contributed by atoms with E-state index in [0.29, 0.717) is 23.8 Å². The van der Waals surface area contributed by atoms with Crippen molar-refractivity contribution in [3.63, 3.8) is 0 Å². The van der Waals surface area contributed by atoms with E-state index in [1.807, 2.05) is 0 Å². The summed E-state index contributed by atoms with van der Waals surface area (Å²) in [5.41, 5.74) is 1.59. The summed E-state index contributed by atoms with van der Waals surface area (Å²) in [6, 6.07) is 1.39. The van der Waals surface area contributed by atoms with Crippen LogP contribution in [-0.2, 0) is 16.0 Å². The number of carbonyl (C=O) groups excluding carboxylic acids is 2. The monoisotopic (exact) mass is 444 g/mol. The molecule has 1 aromatic rings. The van der Waals surface area contributed by atoms with E-state index in [9.17, 15) is 14.7 Å². The lowest BCUT2D eigenvalue weighted by Crippen LogP contribution is -2.51. The van der Waals surface area contributed by atoms with Crippen LogP contribution in [0.2, 0.25) is 0 Å². The number of methoxy groups -OCH3 is 1. The van der Waals surface area contributed by atoms with E-state index in [1.54, 1.807) is 0 Å². The van der Waals surface area contributed by atoms with Gasteiger partial charge in [0.1, 0.15) is 0 Å². The summed E-state index contributed by atoms with van der Waals surface area (Å²) < 4.78 is 16.3. The fourth-order valence-electron chi connectivity index (χ4n) is 6.11.